The molecular weight excluding hydrogens is 388 g/mol. The first-order valence-corrected chi connectivity index (χ1v) is 14.3. The highest BCUT2D eigenvalue weighted by Crippen LogP contribution is 2.36. The number of hydrogen-bond acceptors (Lipinski definition) is 3. The zero-order chi connectivity index (χ0) is 22.3. The standard InChI is InChI=1S/C26H42O3Si/c1-26(2,3)30(4,5)29-22-18-13-11-9-7-6-8-10-12-17-21-25(27)28-23-24-19-15-14-16-20-24/h6-8,10,14-16,19-20H,9,11-13,17-18,21-23H2,1-5H3/b7-6+,10-8-. The third-order valence-corrected chi connectivity index (χ3v) is 10.2. The average molecular weight is 431 g/mol. The number of unbranched alkanes of at least 4 members (excludes halogenated alkanes) is 4. The number of allylic oxidation sites excluding steroid dienone is 4. The van der Waals surface area contributed by atoms with E-state index in [-0.39, 0.29) is 5.97 Å². The van der Waals surface area contributed by atoms with Crippen molar-refractivity contribution in [3.63, 3.8) is 0 Å². The molecule has 0 radical (unpaired) electrons. The molecule has 0 fully saturated rings. The lowest BCUT2D eigenvalue weighted by molar-refractivity contribution is -0.145. The first-order chi connectivity index (χ1) is 14.2. The second-order valence-corrected chi connectivity index (χ2v) is 14.2. The molecule has 3 nitrogen and oxygen atoms in total. The minimum Gasteiger partial charge on any atom is -0.461 e. The molecule has 0 amide bonds. The largest absolute Gasteiger partial charge is 0.461 e. The van der Waals surface area contributed by atoms with E-state index in [1.165, 1.54) is 12.8 Å². The first kappa shape index (κ1) is 26.4. The molecule has 1 aromatic rings. The van der Waals surface area contributed by atoms with E-state index in [1.54, 1.807) is 0 Å². The fourth-order valence-corrected chi connectivity index (χ4v) is 3.70. The second-order valence-electron chi connectivity index (χ2n) is 9.35. The minimum atomic E-state index is -1.58. The molecule has 0 aliphatic carbocycles. The van der Waals surface area contributed by atoms with Gasteiger partial charge in [-0.1, -0.05) is 81.8 Å². The molecule has 4 heteroatoms. The molecule has 0 heterocycles. The molecule has 0 aromatic heterocycles. The summed E-state index contributed by atoms with van der Waals surface area (Å²) < 4.78 is 11.5. The number of ether oxygens (including phenoxy) is 1. The molecule has 0 bridgehead atoms. The fourth-order valence-electron chi connectivity index (χ4n) is 2.61. The van der Waals surface area contributed by atoms with Crippen LogP contribution in [-0.2, 0) is 20.6 Å². The van der Waals surface area contributed by atoms with E-state index in [9.17, 15) is 4.79 Å². The van der Waals surface area contributed by atoms with Crippen molar-refractivity contribution in [1.82, 2.24) is 0 Å². The van der Waals surface area contributed by atoms with Crippen LogP contribution in [0.4, 0.5) is 0 Å². The lowest BCUT2D eigenvalue weighted by Gasteiger charge is -2.36. The zero-order valence-corrected chi connectivity index (χ0v) is 20.8. The Bertz CT molecular complexity index is 642. The Morgan fingerprint density at radius 1 is 0.933 bits per heavy atom. The van der Waals surface area contributed by atoms with Crippen molar-refractivity contribution >= 4 is 14.3 Å². The molecule has 168 valence electrons. The summed E-state index contributed by atoms with van der Waals surface area (Å²) in [6.45, 7) is 12.7. The zero-order valence-electron chi connectivity index (χ0n) is 19.8. The predicted molar refractivity (Wildman–Crippen MR) is 130 cm³/mol. The van der Waals surface area contributed by atoms with Crippen molar-refractivity contribution in [3.8, 4) is 0 Å². The third kappa shape index (κ3) is 12.1. The van der Waals surface area contributed by atoms with Gasteiger partial charge in [0.1, 0.15) is 6.61 Å². The smallest absolute Gasteiger partial charge is 0.306 e. The number of carbonyl (C=O) groups excluding carboxylic acids is 1. The summed E-state index contributed by atoms with van der Waals surface area (Å²) in [6.07, 6.45) is 15.4. The highest BCUT2D eigenvalue weighted by molar-refractivity contribution is 6.74. The number of hydrogen-bond donors (Lipinski definition) is 0. The van der Waals surface area contributed by atoms with Gasteiger partial charge in [0.2, 0.25) is 0 Å². The Morgan fingerprint density at radius 2 is 1.57 bits per heavy atom. The van der Waals surface area contributed by atoms with Crippen molar-refractivity contribution in [1.29, 1.82) is 0 Å². The topological polar surface area (TPSA) is 35.5 Å². The van der Waals surface area contributed by atoms with Crippen LogP contribution in [0.25, 0.3) is 0 Å². The number of carbonyl (C=O) groups is 1. The Balaban J connectivity index is 1.97. The third-order valence-electron chi connectivity index (χ3n) is 5.66. The van der Waals surface area contributed by atoms with Crippen molar-refractivity contribution in [2.24, 2.45) is 0 Å². The average Bonchev–Trinajstić information content (AvgIpc) is 2.69. The summed E-state index contributed by atoms with van der Waals surface area (Å²) in [7, 11) is -1.58. The van der Waals surface area contributed by atoms with Crippen LogP contribution >= 0.6 is 0 Å². The molecule has 0 spiro atoms. The number of benzene rings is 1. The van der Waals surface area contributed by atoms with E-state index in [1.807, 2.05) is 30.3 Å². The quantitative estimate of drug-likeness (QED) is 0.132. The lowest BCUT2D eigenvalue weighted by Crippen LogP contribution is -2.40. The van der Waals surface area contributed by atoms with E-state index in [0.29, 0.717) is 18.1 Å². The van der Waals surface area contributed by atoms with Gasteiger partial charge in [0.25, 0.3) is 0 Å². The highest BCUT2D eigenvalue weighted by Gasteiger charge is 2.36. The van der Waals surface area contributed by atoms with Gasteiger partial charge in [-0.2, -0.15) is 0 Å². The fraction of sp³-hybridized carbons (Fsp3) is 0.577. The van der Waals surface area contributed by atoms with Gasteiger partial charge in [0.15, 0.2) is 8.32 Å². The molecule has 0 aliphatic heterocycles. The van der Waals surface area contributed by atoms with Gasteiger partial charge in [0, 0.05) is 13.0 Å². The van der Waals surface area contributed by atoms with Crippen LogP contribution in [0.2, 0.25) is 18.1 Å². The van der Waals surface area contributed by atoms with Crippen LogP contribution in [0.1, 0.15) is 71.3 Å². The van der Waals surface area contributed by atoms with E-state index in [4.69, 9.17) is 9.16 Å². The molecule has 1 rings (SSSR count). The Morgan fingerprint density at radius 3 is 2.20 bits per heavy atom. The summed E-state index contributed by atoms with van der Waals surface area (Å²) in [5.74, 6) is -0.125. The van der Waals surface area contributed by atoms with Gasteiger partial charge >= 0.3 is 5.97 Å². The van der Waals surface area contributed by atoms with Gasteiger partial charge in [-0.05, 0) is 55.8 Å². The lowest BCUT2D eigenvalue weighted by atomic mass is 10.2. The maximum atomic E-state index is 11.7. The van der Waals surface area contributed by atoms with Gasteiger partial charge in [0.05, 0.1) is 0 Å². The molecule has 30 heavy (non-hydrogen) atoms. The molecule has 0 N–H and O–H groups in total. The first-order valence-electron chi connectivity index (χ1n) is 11.4. The van der Waals surface area contributed by atoms with Gasteiger partial charge in [-0.15, -0.1) is 0 Å². The Hall–Kier alpha value is -1.65. The van der Waals surface area contributed by atoms with Crippen LogP contribution in [0.3, 0.4) is 0 Å². The van der Waals surface area contributed by atoms with Crippen LogP contribution in [0.5, 0.6) is 0 Å². The summed E-state index contributed by atoms with van der Waals surface area (Å²) >= 11 is 0. The number of esters is 1. The van der Waals surface area contributed by atoms with E-state index in [2.05, 4.69) is 58.2 Å². The maximum absolute atomic E-state index is 11.7. The Labute approximate surface area is 185 Å². The molecule has 0 aliphatic rings. The monoisotopic (exact) mass is 430 g/mol. The molecule has 1 aromatic carbocycles. The SMILES string of the molecule is CC(C)(C)[Si](C)(C)OCCCCC/C=C/C=C\CCCC(=O)OCc1ccccc1. The molecule has 0 atom stereocenters. The molecular formula is C26H42O3Si. The summed E-state index contributed by atoms with van der Waals surface area (Å²) in [6, 6.07) is 9.78. The predicted octanol–water partition coefficient (Wildman–Crippen LogP) is 7.59. The normalized spacial score (nSPS) is 12.7. The molecule has 0 unspecified atom stereocenters. The van der Waals surface area contributed by atoms with Crippen LogP contribution in [-0.4, -0.2) is 20.9 Å². The van der Waals surface area contributed by atoms with Crippen molar-refractivity contribution < 1.29 is 14.0 Å². The van der Waals surface area contributed by atoms with Gasteiger partial charge in [-0.25, -0.2) is 0 Å². The van der Waals surface area contributed by atoms with Gasteiger partial charge in [-0.3, -0.25) is 4.79 Å². The molecule has 0 saturated carbocycles. The van der Waals surface area contributed by atoms with Crippen LogP contribution in [0.15, 0.2) is 54.6 Å². The van der Waals surface area contributed by atoms with Crippen molar-refractivity contribution in [2.75, 3.05) is 6.61 Å². The van der Waals surface area contributed by atoms with Crippen LogP contribution in [0, 0.1) is 0 Å². The van der Waals surface area contributed by atoms with E-state index >= 15 is 0 Å². The van der Waals surface area contributed by atoms with Gasteiger partial charge < -0.3 is 9.16 Å². The van der Waals surface area contributed by atoms with Crippen LogP contribution < -0.4 is 0 Å². The van der Waals surface area contributed by atoms with Crippen molar-refractivity contribution in [3.05, 3.63) is 60.2 Å². The minimum absolute atomic E-state index is 0.125. The second kappa shape index (κ2) is 14.4. The van der Waals surface area contributed by atoms with E-state index in [0.717, 1.165) is 37.9 Å². The van der Waals surface area contributed by atoms with E-state index < -0.39 is 8.32 Å². The summed E-state index contributed by atoms with van der Waals surface area (Å²) in [5, 5.41) is 0.296. The summed E-state index contributed by atoms with van der Waals surface area (Å²) in [5.41, 5.74) is 1.03. The number of rotatable bonds is 14. The molecule has 0 saturated heterocycles. The Kier molecular flexibility index (Phi) is 12.6. The maximum Gasteiger partial charge on any atom is 0.306 e. The van der Waals surface area contributed by atoms with Crippen molar-refractivity contribution in [2.45, 2.75) is 90.5 Å². The summed E-state index contributed by atoms with van der Waals surface area (Å²) in [4.78, 5) is 11.7. The highest BCUT2D eigenvalue weighted by atomic mass is 28.4.